The van der Waals surface area contributed by atoms with E-state index < -0.39 is 11.2 Å². The summed E-state index contributed by atoms with van der Waals surface area (Å²) in [5, 5.41) is 10.1. The van der Waals surface area contributed by atoms with Crippen LogP contribution in [0, 0.1) is 5.92 Å². The Labute approximate surface area is 113 Å². The zero-order chi connectivity index (χ0) is 14.4. The molecule has 0 spiro atoms. The van der Waals surface area contributed by atoms with Crippen molar-refractivity contribution in [1.29, 1.82) is 0 Å². The highest BCUT2D eigenvalue weighted by molar-refractivity contribution is 5.22. The Balaban J connectivity index is 3.06. The van der Waals surface area contributed by atoms with Crippen molar-refractivity contribution in [2.24, 2.45) is 5.92 Å². The van der Waals surface area contributed by atoms with Gasteiger partial charge in [0.15, 0.2) is 0 Å². The monoisotopic (exact) mass is 268 g/mol. The van der Waals surface area contributed by atoms with Crippen molar-refractivity contribution in [3.8, 4) is 5.88 Å². The van der Waals surface area contributed by atoms with Gasteiger partial charge in [-0.3, -0.25) is 14.3 Å². The molecule has 0 aliphatic carbocycles. The van der Waals surface area contributed by atoms with E-state index in [2.05, 4.69) is 18.8 Å². The molecule has 1 rings (SSSR count). The minimum Gasteiger partial charge on any atom is -0.494 e. The number of nitrogens with zero attached hydrogens (tertiary/aromatic N) is 1. The summed E-state index contributed by atoms with van der Waals surface area (Å²) in [7, 11) is 0. The Bertz CT molecular complexity index is 516. The molecule has 0 aliphatic heterocycles. The van der Waals surface area contributed by atoms with Gasteiger partial charge in [-0.25, -0.2) is 4.79 Å². The highest BCUT2D eigenvalue weighted by Gasteiger charge is 2.15. The molecule has 0 bridgehead atoms. The van der Waals surface area contributed by atoms with Crippen molar-refractivity contribution in [2.75, 3.05) is 0 Å². The lowest BCUT2D eigenvalue weighted by Crippen LogP contribution is -2.33. The minimum atomic E-state index is -0.519. The summed E-state index contributed by atoms with van der Waals surface area (Å²) in [6.45, 7) is 6.46. The Morgan fingerprint density at radius 3 is 2.47 bits per heavy atom. The number of aromatic hydroxyl groups is 1. The lowest BCUT2D eigenvalue weighted by Gasteiger charge is -2.17. The van der Waals surface area contributed by atoms with E-state index in [4.69, 9.17) is 0 Å². The third-order valence-electron chi connectivity index (χ3n) is 3.60. The molecule has 0 aliphatic rings. The number of hydrogen-bond donors (Lipinski definition) is 2. The van der Waals surface area contributed by atoms with Crippen LogP contribution in [-0.2, 0) is 13.0 Å². The van der Waals surface area contributed by atoms with E-state index in [0.29, 0.717) is 18.9 Å². The van der Waals surface area contributed by atoms with Crippen molar-refractivity contribution in [2.45, 2.75) is 59.4 Å². The van der Waals surface area contributed by atoms with Gasteiger partial charge in [0, 0.05) is 6.54 Å². The van der Waals surface area contributed by atoms with Gasteiger partial charge < -0.3 is 5.11 Å². The summed E-state index contributed by atoms with van der Waals surface area (Å²) in [5.41, 5.74) is -0.720. The lowest BCUT2D eigenvalue weighted by atomic mass is 9.99. The number of unbranched alkanes of at least 4 members (excludes halogenated alkanes) is 1. The average molecular weight is 268 g/mol. The van der Waals surface area contributed by atoms with Gasteiger partial charge >= 0.3 is 5.69 Å². The smallest absolute Gasteiger partial charge is 0.331 e. The standard InChI is InChI=1S/C14H24N2O3/c1-4-7-8-10(5-2)9-16-13(18)11(6-3)12(17)15-14(16)19/h10,18H,4-9H2,1-3H3,(H,15,17,19). The fourth-order valence-electron chi connectivity index (χ4n) is 2.26. The number of aromatic nitrogens is 2. The first kappa shape index (κ1) is 15.5. The molecule has 0 radical (unpaired) electrons. The predicted molar refractivity (Wildman–Crippen MR) is 75.7 cm³/mol. The van der Waals surface area contributed by atoms with Crippen LogP contribution in [-0.4, -0.2) is 14.7 Å². The van der Waals surface area contributed by atoms with E-state index in [1.54, 1.807) is 6.92 Å². The zero-order valence-corrected chi connectivity index (χ0v) is 12.0. The quantitative estimate of drug-likeness (QED) is 0.794. The molecule has 0 saturated heterocycles. The second kappa shape index (κ2) is 7.16. The van der Waals surface area contributed by atoms with Gasteiger partial charge in [-0.2, -0.15) is 0 Å². The van der Waals surface area contributed by atoms with Gasteiger partial charge in [-0.05, 0) is 18.8 Å². The van der Waals surface area contributed by atoms with Crippen LogP contribution in [0.3, 0.4) is 0 Å². The molecule has 1 unspecified atom stereocenters. The molecule has 0 saturated carbocycles. The van der Waals surface area contributed by atoms with Crippen LogP contribution in [0.4, 0.5) is 0 Å². The molecule has 5 nitrogen and oxygen atoms in total. The highest BCUT2D eigenvalue weighted by Crippen LogP contribution is 2.18. The van der Waals surface area contributed by atoms with Crippen LogP contribution in [0.5, 0.6) is 5.88 Å². The van der Waals surface area contributed by atoms with Crippen molar-refractivity contribution in [1.82, 2.24) is 9.55 Å². The van der Waals surface area contributed by atoms with Crippen molar-refractivity contribution >= 4 is 0 Å². The predicted octanol–water partition coefficient (Wildman–Crippen LogP) is 2.02. The van der Waals surface area contributed by atoms with Crippen LogP contribution >= 0.6 is 0 Å². The number of nitrogens with one attached hydrogen (secondary N) is 1. The third kappa shape index (κ3) is 3.72. The molecule has 108 valence electrons. The van der Waals surface area contributed by atoms with Crippen LogP contribution in [0.1, 0.15) is 52.0 Å². The fraction of sp³-hybridized carbons (Fsp3) is 0.714. The average Bonchev–Trinajstić information content (AvgIpc) is 2.38. The number of rotatable bonds is 7. The van der Waals surface area contributed by atoms with Crippen molar-refractivity contribution in [3.63, 3.8) is 0 Å². The van der Waals surface area contributed by atoms with Crippen LogP contribution < -0.4 is 11.2 Å². The summed E-state index contributed by atoms with van der Waals surface area (Å²) in [6, 6.07) is 0. The Morgan fingerprint density at radius 2 is 1.95 bits per heavy atom. The highest BCUT2D eigenvalue weighted by atomic mass is 16.3. The molecule has 1 heterocycles. The molecule has 19 heavy (non-hydrogen) atoms. The molecule has 0 aromatic carbocycles. The van der Waals surface area contributed by atoms with Gasteiger partial charge in [-0.15, -0.1) is 0 Å². The molecule has 5 heteroatoms. The van der Waals surface area contributed by atoms with E-state index in [-0.39, 0.29) is 11.4 Å². The van der Waals surface area contributed by atoms with Crippen molar-refractivity contribution < 1.29 is 5.11 Å². The SMILES string of the molecule is CCCCC(CC)Cn1c(O)c(CC)c(=O)[nH]c1=O. The third-order valence-corrected chi connectivity index (χ3v) is 3.60. The molecule has 0 amide bonds. The summed E-state index contributed by atoms with van der Waals surface area (Å²) >= 11 is 0. The maximum absolute atomic E-state index is 11.8. The first-order chi connectivity index (χ1) is 9.04. The molecule has 2 N–H and O–H groups in total. The van der Waals surface area contributed by atoms with Gasteiger partial charge in [-0.1, -0.05) is 40.0 Å². The summed E-state index contributed by atoms with van der Waals surface area (Å²) in [5.74, 6) is 0.172. The maximum Gasteiger partial charge on any atom is 0.331 e. The largest absolute Gasteiger partial charge is 0.494 e. The summed E-state index contributed by atoms with van der Waals surface area (Å²) in [6.07, 6.45) is 4.61. The first-order valence-electron chi connectivity index (χ1n) is 7.09. The van der Waals surface area contributed by atoms with E-state index in [0.717, 1.165) is 25.7 Å². The number of aromatic amines is 1. The first-order valence-corrected chi connectivity index (χ1v) is 7.09. The second-order valence-corrected chi connectivity index (χ2v) is 4.94. The molecule has 1 aromatic rings. The van der Waals surface area contributed by atoms with Crippen LogP contribution in [0.25, 0.3) is 0 Å². The maximum atomic E-state index is 11.8. The van der Waals surface area contributed by atoms with Crippen molar-refractivity contribution in [3.05, 3.63) is 26.4 Å². The lowest BCUT2D eigenvalue weighted by molar-refractivity contribution is 0.332. The molecule has 1 atom stereocenters. The number of H-pyrrole nitrogens is 1. The molecule has 0 fully saturated rings. The zero-order valence-electron chi connectivity index (χ0n) is 12.0. The minimum absolute atomic E-state index is 0.175. The Hall–Kier alpha value is -1.52. The van der Waals surface area contributed by atoms with Gasteiger partial charge in [0.2, 0.25) is 5.88 Å². The van der Waals surface area contributed by atoms with Gasteiger partial charge in [0.1, 0.15) is 0 Å². The molecular weight excluding hydrogens is 244 g/mol. The summed E-state index contributed by atoms with van der Waals surface area (Å²) in [4.78, 5) is 25.6. The van der Waals surface area contributed by atoms with E-state index in [1.165, 1.54) is 4.57 Å². The van der Waals surface area contributed by atoms with Crippen LogP contribution in [0.2, 0.25) is 0 Å². The second-order valence-electron chi connectivity index (χ2n) is 4.94. The number of hydrogen-bond acceptors (Lipinski definition) is 3. The Kier molecular flexibility index (Phi) is 5.86. The molecular formula is C14H24N2O3. The Morgan fingerprint density at radius 1 is 1.26 bits per heavy atom. The van der Waals surface area contributed by atoms with Gasteiger partial charge in [0.25, 0.3) is 5.56 Å². The van der Waals surface area contributed by atoms with E-state index >= 15 is 0 Å². The van der Waals surface area contributed by atoms with Gasteiger partial charge in [0.05, 0.1) is 5.56 Å². The topological polar surface area (TPSA) is 75.1 Å². The van der Waals surface area contributed by atoms with E-state index in [9.17, 15) is 14.7 Å². The van der Waals surface area contributed by atoms with Crippen LogP contribution in [0.15, 0.2) is 9.59 Å². The fourth-order valence-corrected chi connectivity index (χ4v) is 2.26. The normalized spacial score (nSPS) is 12.6. The van der Waals surface area contributed by atoms with E-state index in [1.807, 2.05) is 0 Å². The summed E-state index contributed by atoms with van der Waals surface area (Å²) < 4.78 is 1.30. The molecule has 1 aromatic heterocycles.